The summed E-state index contributed by atoms with van der Waals surface area (Å²) in [6.45, 7) is 2.71. The first-order valence-electron chi connectivity index (χ1n) is 9.86. The monoisotopic (exact) mass is 397 g/mol. The van der Waals surface area contributed by atoms with Crippen LogP contribution in [0.5, 0.6) is 0 Å². The molecule has 3 N–H and O–H groups in total. The number of amides is 1. The largest absolute Gasteiger partial charge is 0.483 e. The maximum Gasteiger partial charge on any atom is 0.290 e. The fourth-order valence-corrected chi connectivity index (χ4v) is 4.24. The molecule has 2 aromatic rings. The molecule has 2 aliphatic rings. The van der Waals surface area contributed by atoms with Gasteiger partial charge in [0.25, 0.3) is 6.47 Å². The van der Waals surface area contributed by atoms with Gasteiger partial charge >= 0.3 is 0 Å². The van der Waals surface area contributed by atoms with Crippen molar-refractivity contribution >= 4 is 12.4 Å². The van der Waals surface area contributed by atoms with Crippen LogP contribution in [0.1, 0.15) is 24.8 Å². The van der Waals surface area contributed by atoms with Crippen LogP contribution >= 0.6 is 0 Å². The Labute approximate surface area is 170 Å². The Bertz CT molecular complexity index is 813. The highest BCUT2D eigenvalue weighted by molar-refractivity contribution is 5.84. The molecule has 2 saturated heterocycles. The highest BCUT2D eigenvalue weighted by Crippen LogP contribution is 2.37. The van der Waals surface area contributed by atoms with Crippen LogP contribution in [0.15, 0.2) is 48.7 Å². The van der Waals surface area contributed by atoms with Crippen molar-refractivity contribution in [3.05, 3.63) is 54.2 Å². The zero-order chi connectivity index (χ0) is 20.7. The quantitative estimate of drug-likeness (QED) is 0.684. The van der Waals surface area contributed by atoms with Gasteiger partial charge in [-0.25, -0.2) is 0 Å². The Kier molecular flexibility index (Phi) is 6.95. The lowest BCUT2D eigenvalue weighted by Gasteiger charge is -2.47. The third kappa shape index (κ3) is 4.81. The van der Waals surface area contributed by atoms with Gasteiger partial charge in [-0.05, 0) is 37.0 Å². The number of carbonyl (C=O) groups is 2. The summed E-state index contributed by atoms with van der Waals surface area (Å²) in [7, 11) is 0. The van der Waals surface area contributed by atoms with Crippen molar-refractivity contribution in [1.29, 1.82) is 0 Å². The summed E-state index contributed by atoms with van der Waals surface area (Å²) in [6.07, 6.45) is 3.63. The topological polar surface area (TPSA) is 103 Å². The second-order valence-electron chi connectivity index (χ2n) is 7.55. The van der Waals surface area contributed by atoms with Gasteiger partial charge in [-0.3, -0.25) is 19.5 Å². The molecule has 1 amide bonds. The standard InChI is InChI=1S/C21H25N3O2.CH2O2/c25-19-9-13-24(15-21(19)10-3-12-23-20(21)26)14-16-5-7-17(8-6-16)18-4-1-2-11-22-18;2-1-3/h1-2,4-8,11,19,25H,3,9-10,12-15H2,(H,23,26);1H,(H,2,3)/t19-,21+;/m0./s1. The Morgan fingerprint density at radius 2 is 2.00 bits per heavy atom. The molecule has 0 aliphatic carbocycles. The van der Waals surface area contributed by atoms with E-state index in [-0.39, 0.29) is 12.4 Å². The maximum absolute atomic E-state index is 12.5. The van der Waals surface area contributed by atoms with E-state index in [9.17, 15) is 9.90 Å². The fraction of sp³-hybridized carbons (Fsp3) is 0.409. The zero-order valence-electron chi connectivity index (χ0n) is 16.3. The number of likely N-dealkylation sites (tertiary alicyclic amines) is 1. The number of aliphatic hydroxyl groups is 1. The van der Waals surface area contributed by atoms with E-state index in [2.05, 4.69) is 39.5 Å². The molecule has 0 unspecified atom stereocenters. The van der Waals surface area contributed by atoms with Crippen LogP contribution in [-0.2, 0) is 16.1 Å². The van der Waals surface area contributed by atoms with Crippen molar-refractivity contribution in [2.24, 2.45) is 5.41 Å². The highest BCUT2D eigenvalue weighted by atomic mass is 16.3. The van der Waals surface area contributed by atoms with E-state index in [1.54, 1.807) is 6.20 Å². The minimum atomic E-state index is -0.635. The molecule has 0 radical (unpaired) electrons. The average Bonchev–Trinajstić information content (AvgIpc) is 2.75. The third-order valence-corrected chi connectivity index (χ3v) is 5.72. The molecule has 4 rings (SSSR count). The highest BCUT2D eigenvalue weighted by Gasteiger charge is 2.49. The summed E-state index contributed by atoms with van der Waals surface area (Å²) in [5.41, 5.74) is 2.65. The van der Waals surface area contributed by atoms with E-state index in [0.717, 1.165) is 43.7 Å². The molecule has 2 fully saturated rings. The summed E-state index contributed by atoms with van der Waals surface area (Å²) >= 11 is 0. The zero-order valence-corrected chi connectivity index (χ0v) is 16.3. The molecule has 7 heteroatoms. The van der Waals surface area contributed by atoms with Crippen molar-refractivity contribution in [2.45, 2.75) is 31.9 Å². The number of carboxylic acid groups (broad SMARTS) is 1. The van der Waals surface area contributed by atoms with Crippen molar-refractivity contribution in [3.63, 3.8) is 0 Å². The molecule has 0 bridgehead atoms. The lowest BCUT2D eigenvalue weighted by atomic mass is 9.71. The summed E-state index contributed by atoms with van der Waals surface area (Å²) in [4.78, 5) is 27.5. The molecule has 1 spiro atoms. The second-order valence-corrected chi connectivity index (χ2v) is 7.55. The number of nitrogens with one attached hydrogen (secondary N) is 1. The summed E-state index contributed by atoms with van der Waals surface area (Å²) in [6, 6.07) is 14.4. The van der Waals surface area contributed by atoms with Gasteiger partial charge in [-0.15, -0.1) is 0 Å². The van der Waals surface area contributed by atoms with Gasteiger partial charge in [0.05, 0.1) is 17.2 Å². The molecule has 29 heavy (non-hydrogen) atoms. The maximum atomic E-state index is 12.5. The Morgan fingerprint density at radius 1 is 1.24 bits per heavy atom. The van der Waals surface area contributed by atoms with Gasteiger partial charge in [0.2, 0.25) is 5.91 Å². The minimum Gasteiger partial charge on any atom is -0.483 e. The number of aliphatic hydroxyl groups excluding tert-OH is 1. The molecule has 154 valence electrons. The van der Waals surface area contributed by atoms with Gasteiger partial charge in [-0.2, -0.15) is 0 Å². The molecule has 2 atom stereocenters. The predicted molar refractivity (Wildman–Crippen MR) is 109 cm³/mol. The first-order chi connectivity index (χ1) is 14.1. The van der Waals surface area contributed by atoms with Gasteiger partial charge in [0.15, 0.2) is 0 Å². The van der Waals surface area contributed by atoms with Gasteiger partial charge < -0.3 is 15.5 Å². The minimum absolute atomic E-state index is 0.0199. The number of nitrogens with zero attached hydrogens (tertiary/aromatic N) is 2. The number of pyridine rings is 1. The van der Waals surface area contributed by atoms with E-state index in [0.29, 0.717) is 13.0 Å². The van der Waals surface area contributed by atoms with Crippen LogP contribution in [0.2, 0.25) is 0 Å². The fourth-order valence-electron chi connectivity index (χ4n) is 4.24. The number of carbonyl (C=O) groups excluding carboxylic acids is 1. The summed E-state index contributed by atoms with van der Waals surface area (Å²) in [5.74, 6) is 0.0199. The summed E-state index contributed by atoms with van der Waals surface area (Å²) < 4.78 is 0. The van der Waals surface area contributed by atoms with Crippen molar-refractivity contribution < 1.29 is 19.8 Å². The van der Waals surface area contributed by atoms with Gasteiger partial charge in [0.1, 0.15) is 0 Å². The van der Waals surface area contributed by atoms with Crippen LogP contribution < -0.4 is 5.32 Å². The third-order valence-electron chi connectivity index (χ3n) is 5.72. The number of rotatable bonds is 3. The van der Waals surface area contributed by atoms with Crippen LogP contribution in [0.25, 0.3) is 11.3 Å². The number of benzene rings is 1. The molecule has 2 aliphatic heterocycles. The number of aromatic nitrogens is 1. The molecule has 1 aromatic carbocycles. The van der Waals surface area contributed by atoms with E-state index in [1.165, 1.54) is 5.56 Å². The van der Waals surface area contributed by atoms with E-state index >= 15 is 0 Å². The lowest BCUT2D eigenvalue weighted by molar-refractivity contribution is -0.149. The first-order valence-corrected chi connectivity index (χ1v) is 9.86. The number of hydrogen-bond acceptors (Lipinski definition) is 5. The van der Waals surface area contributed by atoms with Crippen LogP contribution in [0.3, 0.4) is 0 Å². The van der Waals surface area contributed by atoms with Gasteiger partial charge in [-0.1, -0.05) is 30.3 Å². The molecule has 3 heterocycles. The normalized spacial score (nSPS) is 24.3. The molecule has 0 saturated carbocycles. The first kappa shape index (κ1) is 21.0. The van der Waals surface area contributed by atoms with E-state index in [4.69, 9.17) is 9.90 Å². The van der Waals surface area contributed by atoms with Crippen molar-refractivity contribution in [2.75, 3.05) is 19.6 Å². The Balaban J connectivity index is 0.000000755. The summed E-state index contributed by atoms with van der Waals surface area (Å²) in [5, 5.41) is 20.3. The number of piperidine rings is 2. The van der Waals surface area contributed by atoms with Crippen LogP contribution in [-0.4, -0.2) is 58.2 Å². The average molecular weight is 397 g/mol. The van der Waals surface area contributed by atoms with Crippen molar-refractivity contribution in [3.8, 4) is 11.3 Å². The smallest absolute Gasteiger partial charge is 0.290 e. The van der Waals surface area contributed by atoms with E-state index in [1.807, 2.05) is 18.2 Å². The molecular formula is C22H27N3O4. The van der Waals surface area contributed by atoms with Crippen LogP contribution in [0.4, 0.5) is 0 Å². The predicted octanol–water partition coefficient (Wildman–Crippen LogP) is 1.91. The Hall–Kier alpha value is -2.77. The molecular weight excluding hydrogens is 370 g/mol. The molecule has 1 aromatic heterocycles. The second kappa shape index (κ2) is 9.62. The van der Waals surface area contributed by atoms with Crippen LogP contribution in [0, 0.1) is 5.41 Å². The number of hydrogen-bond donors (Lipinski definition) is 3. The lowest BCUT2D eigenvalue weighted by Crippen LogP contribution is -2.61. The van der Waals surface area contributed by atoms with E-state index < -0.39 is 11.5 Å². The SMILES string of the molecule is O=C1NCCC[C@]12CN(Cc1ccc(-c3ccccn3)cc1)CC[C@@H]2O.O=CO. The Morgan fingerprint density at radius 3 is 2.66 bits per heavy atom. The van der Waals surface area contributed by atoms with Gasteiger partial charge in [0, 0.05) is 37.9 Å². The van der Waals surface area contributed by atoms with Crippen molar-refractivity contribution in [1.82, 2.24) is 15.2 Å². The molecule has 7 nitrogen and oxygen atoms in total.